The Labute approximate surface area is 79.5 Å². The molecule has 0 saturated carbocycles. The number of carbonyl (C=O) groups excluding carboxylic acids is 1. The minimum atomic E-state index is -0.599. The number of ether oxygens (including phenoxy) is 1. The van der Waals surface area contributed by atoms with Gasteiger partial charge in [-0.15, -0.1) is 0 Å². The van der Waals surface area contributed by atoms with Gasteiger partial charge >= 0.3 is 5.97 Å². The Morgan fingerprint density at radius 2 is 2.00 bits per heavy atom. The van der Waals surface area contributed by atoms with Crippen LogP contribution in [-0.4, -0.2) is 49.3 Å². The van der Waals surface area contributed by atoms with Crippen molar-refractivity contribution in [3.63, 3.8) is 0 Å². The quantitative estimate of drug-likeness (QED) is 0.624. The number of nitrogens with zero attached hydrogens (tertiary/aromatic N) is 1. The zero-order valence-electron chi connectivity index (χ0n) is 8.78. The van der Waals surface area contributed by atoms with E-state index in [1.54, 1.807) is 13.8 Å². The van der Waals surface area contributed by atoms with Crippen LogP contribution in [-0.2, 0) is 9.53 Å². The molecule has 0 aliphatic heterocycles. The fourth-order valence-corrected chi connectivity index (χ4v) is 0.819. The SMILES string of the molecule is CC(C)C(=O)OCC(O)CN(C)C. The van der Waals surface area contributed by atoms with Crippen LogP contribution in [0.3, 0.4) is 0 Å². The van der Waals surface area contributed by atoms with E-state index in [0.717, 1.165) is 0 Å². The molecular formula is C9H19NO3. The normalized spacial score (nSPS) is 13.5. The molecular weight excluding hydrogens is 170 g/mol. The number of aliphatic hydroxyl groups excluding tert-OH is 1. The molecule has 0 aromatic heterocycles. The Morgan fingerprint density at radius 1 is 1.46 bits per heavy atom. The third-order valence-corrected chi connectivity index (χ3v) is 1.47. The maximum Gasteiger partial charge on any atom is 0.308 e. The highest BCUT2D eigenvalue weighted by Crippen LogP contribution is 1.97. The van der Waals surface area contributed by atoms with Crippen molar-refractivity contribution in [1.29, 1.82) is 0 Å². The number of rotatable bonds is 5. The van der Waals surface area contributed by atoms with Gasteiger partial charge in [-0.1, -0.05) is 13.8 Å². The molecule has 0 aromatic carbocycles. The van der Waals surface area contributed by atoms with Crippen LogP contribution in [0.25, 0.3) is 0 Å². The molecule has 13 heavy (non-hydrogen) atoms. The minimum Gasteiger partial charge on any atom is -0.463 e. The molecule has 0 aliphatic carbocycles. The first kappa shape index (κ1) is 12.4. The van der Waals surface area contributed by atoms with E-state index < -0.39 is 6.10 Å². The second-order valence-corrected chi connectivity index (χ2v) is 3.70. The predicted octanol–water partition coefficient (Wildman–Crippen LogP) is 0.108. The maximum absolute atomic E-state index is 11.0. The molecule has 0 radical (unpaired) electrons. The fourth-order valence-electron chi connectivity index (χ4n) is 0.819. The summed E-state index contributed by atoms with van der Waals surface area (Å²) in [7, 11) is 3.71. The Morgan fingerprint density at radius 3 is 2.38 bits per heavy atom. The van der Waals surface area contributed by atoms with E-state index in [2.05, 4.69) is 0 Å². The van der Waals surface area contributed by atoms with Gasteiger partial charge in [-0.05, 0) is 14.1 Å². The molecule has 1 N–H and O–H groups in total. The van der Waals surface area contributed by atoms with Gasteiger partial charge in [0.05, 0.1) is 5.92 Å². The van der Waals surface area contributed by atoms with Crippen molar-refractivity contribution in [2.75, 3.05) is 27.2 Å². The van der Waals surface area contributed by atoms with Gasteiger partial charge in [-0.3, -0.25) is 4.79 Å². The van der Waals surface area contributed by atoms with Crippen LogP contribution in [0.5, 0.6) is 0 Å². The lowest BCUT2D eigenvalue weighted by atomic mass is 10.2. The summed E-state index contributed by atoms with van der Waals surface area (Å²) in [6.07, 6.45) is -0.599. The van der Waals surface area contributed by atoms with Crippen LogP contribution in [0.15, 0.2) is 0 Å². The van der Waals surface area contributed by atoms with Crippen molar-refractivity contribution in [3.05, 3.63) is 0 Å². The molecule has 4 heteroatoms. The van der Waals surface area contributed by atoms with Crippen molar-refractivity contribution >= 4 is 5.97 Å². The van der Waals surface area contributed by atoms with Gasteiger partial charge in [0.15, 0.2) is 0 Å². The van der Waals surface area contributed by atoms with Crippen molar-refractivity contribution in [2.45, 2.75) is 20.0 Å². The average Bonchev–Trinajstić information content (AvgIpc) is 1.98. The summed E-state index contributed by atoms with van der Waals surface area (Å²) in [6.45, 7) is 4.11. The summed E-state index contributed by atoms with van der Waals surface area (Å²) in [5, 5.41) is 9.33. The highest BCUT2D eigenvalue weighted by molar-refractivity contribution is 5.71. The monoisotopic (exact) mass is 189 g/mol. The maximum atomic E-state index is 11.0. The van der Waals surface area contributed by atoms with E-state index in [0.29, 0.717) is 6.54 Å². The van der Waals surface area contributed by atoms with E-state index in [-0.39, 0.29) is 18.5 Å². The lowest BCUT2D eigenvalue weighted by Crippen LogP contribution is -2.31. The highest BCUT2D eigenvalue weighted by Gasteiger charge is 2.12. The van der Waals surface area contributed by atoms with Gasteiger partial charge < -0.3 is 14.7 Å². The highest BCUT2D eigenvalue weighted by atomic mass is 16.5. The first-order chi connectivity index (χ1) is 5.93. The number of aliphatic hydroxyl groups is 1. The molecule has 0 aromatic rings. The summed E-state index contributed by atoms with van der Waals surface area (Å²) in [4.78, 5) is 12.8. The van der Waals surface area contributed by atoms with Gasteiger partial charge in [-0.2, -0.15) is 0 Å². The number of carbonyl (C=O) groups is 1. The molecule has 0 heterocycles. The molecule has 4 nitrogen and oxygen atoms in total. The molecule has 78 valence electrons. The summed E-state index contributed by atoms with van der Waals surface area (Å²) in [5.74, 6) is -0.399. The Bertz CT molecular complexity index is 157. The molecule has 1 atom stereocenters. The summed E-state index contributed by atoms with van der Waals surface area (Å²) >= 11 is 0. The topological polar surface area (TPSA) is 49.8 Å². The molecule has 0 bridgehead atoms. The average molecular weight is 189 g/mol. The van der Waals surface area contributed by atoms with Gasteiger partial charge in [0, 0.05) is 6.54 Å². The number of likely N-dealkylation sites (N-methyl/N-ethyl adjacent to an activating group) is 1. The van der Waals surface area contributed by atoms with E-state index in [4.69, 9.17) is 4.74 Å². The standard InChI is InChI=1S/C9H19NO3/c1-7(2)9(12)13-6-8(11)5-10(3)4/h7-8,11H,5-6H2,1-4H3. The van der Waals surface area contributed by atoms with E-state index in [1.165, 1.54) is 0 Å². The predicted molar refractivity (Wildman–Crippen MR) is 50.4 cm³/mol. The Kier molecular flexibility index (Phi) is 5.66. The number of esters is 1. The zero-order chi connectivity index (χ0) is 10.4. The first-order valence-corrected chi connectivity index (χ1v) is 4.43. The smallest absolute Gasteiger partial charge is 0.308 e. The van der Waals surface area contributed by atoms with Crippen LogP contribution in [0.2, 0.25) is 0 Å². The van der Waals surface area contributed by atoms with Crippen molar-refractivity contribution in [2.24, 2.45) is 5.92 Å². The Hall–Kier alpha value is -0.610. The molecule has 0 aliphatic rings. The molecule has 0 spiro atoms. The zero-order valence-corrected chi connectivity index (χ0v) is 8.78. The molecule has 0 rings (SSSR count). The minimum absolute atomic E-state index is 0.0786. The lowest BCUT2D eigenvalue weighted by Gasteiger charge is -2.16. The Balaban J connectivity index is 3.58. The van der Waals surface area contributed by atoms with Crippen molar-refractivity contribution in [1.82, 2.24) is 4.90 Å². The fraction of sp³-hybridized carbons (Fsp3) is 0.889. The molecule has 0 fully saturated rings. The van der Waals surface area contributed by atoms with Crippen molar-refractivity contribution in [3.8, 4) is 0 Å². The third kappa shape index (κ3) is 6.54. The molecule has 1 unspecified atom stereocenters. The van der Waals surface area contributed by atoms with Crippen LogP contribution in [0.4, 0.5) is 0 Å². The summed E-state index contributed by atoms with van der Waals surface area (Å²) < 4.78 is 4.85. The van der Waals surface area contributed by atoms with Gasteiger partial charge in [0.2, 0.25) is 0 Å². The van der Waals surface area contributed by atoms with Crippen LogP contribution in [0, 0.1) is 5.92 Å². The third-order valence-electron chi connectivity index (χ3n) is 1.47. The van der Waals surface area contributed by atoms with E-state index >= 15 is 0 Å². The van der Waals surface area contributed by atoms with Gasteiger partial charge in [0.1, 0.15) is 12.7 Å². The number of hydrogen-bond donors (Lipinski definition) is 1. The summed E-state index contributed by atoms with van der Waals surface area (Å²) in [6, 6.07) is 0. The van der Waals surface area contributed by atoms with E-state index in [1.807, 2.05) is 19.0 Å². The first-order valence-electron chi connectivity index (χ1n) is 4.43. The van der Waals surface area contributed by atoms with Gasteiger partial charge in [-0.25, -0.2) is 0 Å². The van der Waals surface area contributed by atoms with Crippen LogP contribution < -0.4 is 0 Å². The lowest BCUT2D eigenvalue weighted by molar-refractivity contribution is -0.150. The molecule has 0 saturated heterocycles. The summed E-state index contributed by atoms with van der Waals surface area (Å²) in [5.41, 5.74) is 0. The second-order valence-electron chi connectivity index (χ2n) is 3.70. The van der Waals surface area contributed by atoms with Crippen LogP contribution >= 0.6 is 0 Å². The van der Waals surface area contributed by atoms with Crippen LogP contribution in [0.1, 0.15) is 13.8 Å². The van der Waals surface area contributed by atoms with Crippen molar-refractivity contribution < 1.29 is 14.6 Å². The van der Waals surface area contributed by atoms with Gasteiger partial charge in [0.25, 0.3) is 0 Å². The van der Waals surface area contributed by atoms with E-state index in [9.17, 15) is 9.90 Å². The largest absolute Gasteiger partial charge is 0.463 e. The molecule has 0 amide bonds. The second kappa shape index (κ2) is 5.94. The number of hydrogen-bond acceptors (Lipinski definition) is 4.